The predicted octanol–water partition coefficient (Wildman–Crippen LogP) is 4.13. The first kappa shape index (κ1) is 15.4. The summed E-state index contributed by atoms with van der Waals surface area (Å²) in [6, 6.07) is 2.18. The van der Waals surface area contributed by atoms with Crippen LogP contribution in [0.1, 0.15) is 48.8 Å². The van der Waals surface area contributed by atoms with E-state index in [4.69, 9.17) is 9.84 Å². The Hall–Kier alpha value is -1.03. The van der Waals surface area contributed by atoms with Gasteiger partial charge in [0.25, 0.3) is 0 Å². The molecule has 20 heavy (non-hydrogen) atoms. The quantitative estimate of drug-likeness (QED) is 0.819. The van der Waals surface area contributed by atoms with E-state index in [1.807, 2.05) is 0 Å². The number of aliphatic carboxylic acids is 1. The fourth-order valence-corrected chi connectivity index (χ4v) is 3.69. The molecular weight excluding hydrogens is 320 g/mol. The Balaban J connectivity index is 2.34. The number of hydrogen-bond acceptors (Lipinski definition) is 2. The van der Waals surface area contributed by atoms with Crippen LogP contribution in [0.3, 0.4) is 0 Å². The van der Waals surface area contributed by atoms with E-state index in [0.29, 0.717) is 6.42 Å². The van der Waals surface area contributed by atoms with Crippen molar-refractivity contribution in [2.75, 3.05) is 7.11 Å². The molecule has 0 aromatic heterocycles. The monoisotopic (exact) mass is 340 g/mol. The highest BCUT2D eigenvalue weighted by Crippen LogP contribution is 2.37. The minimum absolute atomic E-state index is 0.213. The third-order valence-corrected chi connectivity index (χ3v) is 4.53. The Morgan fingerprint density at radius 1 is 1.35 bits per heavy atom. The number of carboxylic acids is 1. The molecule has 2 rings (SSSR count). The molecule has 0 aliphatic heterocycles. The molecule has 0 fully saturated rings. The molecule has 0 heterocycles. The van der Waals surface area contributed by atoms with Gasteiger partial charge in [-0.25, -0.2) is 0 Å². The first-order valence-corrected chi connectivity index (χ1v) is 8.01. The molecule has 1 N–H and O–H groups in total. The van der Waals surface area contributed by atoms with Crippen LogP contribution in [0.5, 0.6) is 5.75 Å². The molecule has 0 unspecified atom stereocenters. The molecule has 1 aliphatic carbocycles. The second-order valence-corrected chi connectivity index (χ2v) is 6.17. The second kappa shape index (κ2) is 7.11. The number of carboxylic acid groups (broad SMARTS) is 1. The molecule has 3 nitrogen and oxygen atoms in total. The van der Waals surface area contributed by atoms with Crippen molar-refractivity contribution in [2.24, 2.45) is 0 Å². The summed E-state index contributed by atoms with van der Waals surface area (Å²) in [5, 5.41) is 8.82. The zero-order valence-corrected chi connectivity index (χ0v) is 13.5. The van der Waals surface area contributed by atoms with Gasteiger partial charge in [0.15, 0.2) is 0 Å². The molecule has 0 radical (unpaired) electrons. The number of rotatable bonds is 5. The lowest BCUT2D eigenvalue weighted by Crippen LogP contribution is -2.05. The van der Waals surface area contributed by atoms with Gasteiger partial charge in [-0.15, -0.1) is 0 Å². The van der Waals surface area contributed by atoms with Gasteiger partial charge in [-0.3, -0.25) is 4.79 Å². The van der Waals surface area contributed by atoms with E-state index in [9.17, 15) is 4.79 Å². The normalized spacial score (nSPS) is 14.5. The lowest BCUT2D eigenvalue weighted by Gasteiger charge is -2.18. The number of halogens is 1. The van der Waals surface area contributed by atoms with Crippen LogP contribution >= 0.6 is 15.9 Å². The van der Waals surface area contributed by atoms with Gasteiger partial charge in [-0.1, -0.05) is 6.42 Å². The van der Waals surface area contributed by atoms with Crippen molar-refractivity contribution in [3.8, 4) is 5.75 Å². The summed E-state index contributed by atoms with van der Waals surface area (Å²) in [6.45, 7) is 0. The van der Waals surface area contributed by atoms with Crippen LogP contribution in [0.4, 0.5) is 0 Å². The number of ether oxygens (including phenoxy) is 1. The Bertz CT molecular complexity index is 497. The summed E-state index contributed by atoms with van der Waals surface area (Å²) in [6.07, 6.45) is 7.56. The number of hydrogen-bond donors (Lipinski definition) is 1. The maximum absolute atomic E-state index is 10.7. The van der Waals surface area contributed by atoms with E-state index in [1.54, 1.807) is 7.11 Å². The summed E-state index contributed by atoms with van der Waals surface area (Å²) in [5.41, 5.74) is 4.01. The molecule has 1 aliphatic rings. The number of methoxy groups -OCH3 is 1. The molecule has 0 saturated heterocycles. The lowest BCUT2D eigenvalue weighted by molar-refractivity contribution is -0.137. The smallest absolute Gasteiger partial charge is 0.303 e. The predicted molar refractivity (Wildman–Crippen MR) is 82.5 cm³/mol. The average molecular weight is 341 g/mol. The molecule has 1 aromatic carbocycles. The highest BCUT2D eigenvalue weighted by molar-refractivity contribution is 9.10. The van der Waals surface area contributed by atoms with E-state index >= 15 is 0 Å². The molecule has 0 bridgehead atoms. The Labute approximate surface area is 128 Å². The minimum atomic E-state index is -0.731. The molecule has 0 atom stereocenters. The number of aryl methyl sites for hydroxylation is 1. The third-order valence-electron chi connectivity index (χ3n) is 3.94. The maximum atomic E-state index is 10.7. The number of carbonyl (C=O) groups is 1. The van der Waals surface area contributed by atoms with E-state index in [-0.39, 0.29) is 6.42 Å². The van der Waals surface area contributed by atoms with Crippen LogP contribution in [0, 0.1) is 0 Å². The summed E-state index contributed by atoms with van der Waals surface area (Å²) in [7, 11) is 1.68. The highest BCUT2D eigenvalue weighted by Gasteiger charge is 2.19. The van der Waals surface area contributed by atoms with Gasteiger partial charge in [0.05, 0.1) is 11.6 Å². The molecule has 0 amide bonds. The minimum Gasteiger partial charge on any atom is -0.495 e. The van der Waals surface area contributed by atoms with Crippen LogP contribution < -0.4 is 4.74 Å². The van der Waals surface area contributed by atoms with Crippen LogP contribution in [0.15, 0.2) is 10.5 Å². The van der Waals surface area contributed by atoms with Gasteiger partial charge in [-0.05, 0) is 77.2 Å². The highest BCUT2D eigenvalue weighted by atomic mass is 79.9. The zero-order valence-electron chi connectivity index (χ0n) is 11.9. The SMILES string of the molecule is COc1c(Br)cc2c(c1CCCC(=O)O)CCCCC2. The van der Waals surface area contributed by atoms with Crippen molar-refractivity contribution in [1.82, 2.24) is 0 Å². The maximum Gasteiger partial charge on any atom is 0.303 e. The van der Waals surface area contributed by atoms with Crippen molar-refractivity contribution in [1.29, 1.82) is 0 Å². The summed E-state index contributed by atoms with van der Waals surface area (Å²) >= 11 is 3.59. The lowest BCUT2D eigenvalue weighted by atomic mass is 9.93. The standard InChI is InChI=1S/C16H21BrO3/c1-20-16-13(8-5-9-15(18)19)12-7-4-2-3-6-11(12)10-14(16)17/h10H,2-9H2,1H3,(H,18,19). The Morgan fingerprint density at radius 3 is 2.80 bits per heavy atom. The largest absolute Gasteiger partial charge is 0.495 e. The summed E-state index contributed by atoms with van der Waals surface area (Å²) in [4.78, 5) is 10.7. The summed E-state index contributed by atoms with van der Waals surface area (Å²) < 4.78 is 6.54. The van der Waals surface area contributed by atoms with Gasteiger partial charge in [0, 0.05) is 6.42 Å². The molecule has 4 heteroatoms. The number of fused-ring (bicyclic) bond motifs is 1. The first-order valence-electron chi connectivity index (χ1n) is 7.22. The van der Waals surface area contributed by atoms with E-state index in [2.05, 4.69) is 22.0 Å². The zero-order chi connectivity index (χ0) is 14.5. The third kappa shape index (κ3) is 3.54. The van der Waals surface area contributed by atoms with Crippen LogP contribution in [0.2, 0.25) is 0 Å². The fraction of sp³-hybridized carbons (Fsp3) is 0.562. The average Bonchev–Trinajstić information content (AvgIpc) is 2.63. The van der Waals surface area contributed by atoms with Crippen molar-refractivity contribution in [3.05, 3.63) is 27.2 Å². The van der Waals surface area contributed by atoms with Crippen molar-refractivity contribution >= 4 is 21.9 Å². The van der Waals surface area contributed by atoms with Crippen molar-refractivity contribution in [2.45, 2.75) is 51.4 Å². The molecule has 1 aromatic rings. The topological polar surface area (TPSA) is 46.5 Å². The van der Waals surface area contributed by atoms with Crippen molar-refractivity contribution < 1.29 is 14.6 Å². The second-order valence-electron chi connectivity index (χ2n) is 5.32. The first-order chi connectivity index (χ1) is 9.63. The van der Waals surface area contributed by atoms with Crippen molar-refractivity contribution in [3.63, 3.8) is 0 Å². The van der Waals surface area contributed by atoms with Gasteiger partial charge in [-0.2, -0.15) is 0 Å². The van der Waals surface area contributed by atoms with Gasteiger partial charge in [0.2, 0.25) is 0 Å². The number of benzene rings is 1. The van der Waals surface area contributed by atoms with Gasteiger partial charge in [0.1, 0.15) is 5.75 Å². The van der Waals surface area contributed by atoms with E-state index < -0.39 is 5.97 Å². The molecule has 110 valence electrons. The fourth-order valence-electron chi connectivity index (χ4n) is 3.01. The van der Waals surface area contributed by atoms with Gasteiger partial charge < -0.3 is 9.84 Å². The summed E-state index contributed by atoms with van der Waals surface area (Å²) in [5.74, 6) is 0.154. The van der Waals surface area contributed by atoms with Crippen LogP contribution in [-0.2, 0) is 24.1 Å². The molecular formula is C16H21BrO3. The van der Waals surface area contributed by atoms with Crippen LogP contribution in [-0.4, -0.2) is 18.2 Å². The van der Waals surface area contributed by atoms with Crippen LogP contribution in [0.25, 0.3) is 0 Å². The molecule has 0 spiro atoms. The Kier molecular flexibility index (Phi) is 5.46. The van der Waals surface area contributed by atoms with E-state index in [0.717, 1.165) is 29.5 Å². The molecule has 0 saturated carbocycles. The van der Waals surface area contributed by atoms with E-state index in [1.165, 1.54) is 36.0 Å². The van der Waals surface area contributed by atoms with Gasteiger partial charge >= 0.3 is 5.97 Å². The Morgan fingerprint density at radius 2 is 2.10 bits per heavy atom.